The van der Waals surface area contributed by atoms with E-state index in [2.05, 4.69) is 110 Å². The van der Waals surface area contributed by atoms with Crippen LogP contribution in [-0.2, 0) is 36.7 Å². The van der Waals surface area contributed by atoms with Gasteiger partial charge in [0.1, 0.15) is 11.3 Å². The molecule has 70 heavy (non-hydrogen) atoms. The Kier molecular flexibility index (Phi) is 14.2. The fourth-order valence-corrected chi connectivity index (χ4v) is 13.8. The Hall–Kier alpha value is -8.12. The minimum absolute atomic E-state index is 0. The SMILES string of the molecule is C.CC(C)(C)[Si](OCCCn1cc(C2=C(c3cnccn3)C(=O)NC2=O)c2cccnc21)(c1ccccc1)c1ccccc1.O=C1NC(=O)C(c2cn(CCCO)c3ncccc23)=C1c1cnccn1. The van der Waals surface area contributed by atoms with E-state index in [0.29, 0.717) is 54.3 Å². The van der Waals surface area contributed by atoms with Crippen LogP contribution in [0, 0.1) is 0 Å². The number of pyridine rings is 2. The van der Waals surface area contributed by atoms with Gasteiger partial charge in [-0.15, -0.1) is 0 Å². The lowest BCUT2D eigenvalue weighted by molar-refractivity contribution is -0.124. The van der Waals surface area contributed by atoms with Crippen molar-refractivity contribution < 1.29 is 28.7 Å². The number of aryl methyl sites for hydroxylation is 2. The fourth-order valence-electron chi connectivity index (χ4n) is 9.22. The number of aliphatic hydroxyl groups is 1. The van der Waals surface area contributed by atoms with Crippen LogP contribution < -0.4 is 21.0 Å². The third-order valence-electron chi connectivity index (χ3n) is 12.1. The van der Waals surface area contributed by atoms with Gasteiger partial charge in [0.25, 0.3) is 31.9 Å². The highest BCUT2D eigenvalue weighted by molar-refractivity contribution is 6.99. The van der Waals surface area contributed by atoms with Crippen LogP contribution in [0.15, 0.2) is 147 Å². The average Bonchev–Trinajstić information content (AvgIpc) is 4.10. The summed E-state index contributed by atoms with van der Waals surface area (Å²) < 4.78 is 11.0. The van der Waals surface area contributed by atoms with Crippen LogP contribution in [0.1, 0.15) is 63.6 Å². The second-order valence-electron chi connectivity index (χ2n) is 17.4. The van der Waals surface area contributed by atoms with Crippen LogP contribution in [-0.4, -0.2) is 89.3 Å². The van der Waals surface area contributed by atoms with Gasteiger partial charge in [-0.2, -0.15) is 0 Å². The summed E-state index contributed by atoms with van der Waals surface area (Å²) in [6.07, 6.45) is 17.3. The third kappa shape index (κ3) is 9.12. The van der Waals surface area contributed by atoms with Crippen molar-refractivity contribution in [1.29, 1.82) is 0 Å². The van der Waals surface area contributed by atoms with Gasteiger partial charge in [0.2, 0.25) is 0 Å². The quantitative estimate of drug-likeness (QED) is 0.0675. The first kappa shape index (κ1) is 48.3. The van der Waals surface area contributed by atoms with E-state index in [4.69, 9.17) is 9.53 Å². The number of hydrogen-bond donors (Lipinski definition) is 3. The molecule has 2 aliphatic rings. The van der Waals surface area contributed by atoms with Gasteiger partial charge in [0.05, 0.1) is 46.1 Å². The lowest BCUT2D eigenvalue weighted by atomic mass is 10.00. The highest BCUT2D eigenvalue weighted by Gasteiger charge is 2.50. The standard InChI is InChI=1S/C34H33N5O3Si.C18H15N5O3.CH4/c1-34(2,3)43(24-12-6-4-7-13-24,25-14-8-5-9-15-25)42-21-11-20-39-23-27(26-16-10-17-37-31(26)39)29-30(33(41)38-32(29)40)28-22-35-18-19-36-28;24-8-2-7-23-10-12(11-3-1-4-21-16(11)23)14-15(18(26)22-17(14)25)13-9-19-5-6-20-13;/h4-10,12-19,22-23H,11,20-21H2,1-3H3,(H,38,40,41);1,3-6,9-10,24H,2,7-8H2,(H,22,25,26);1H4. The molecule has 8 heterocycles. The summed E-state index contributed by atoms with van der Waals surface area (Å²) >= 11 is 0. The van der Waals surface area contributed by atoms with Crippen LogP contribution in [0.2, 0.25) is 5.04 Å². The number of carbonyl (C=O) groups excluding carboxylic acids is 4. The number of fused-ring (bicyclic) bond motifs is 2. The molecule has 354 valence electrons. The summed E-state index contributed by atoms with van der Waals surface area (Å²) in [5.41, 5.74) is 4.33. The molecule has 0 fully saturated rings. The van der Waals surface area contributed by atoms with Gasteiger partial charge in [-0.25, -0.2) is 9.97 Å². The molecule has 3 N–H and O–H groups in total. The largest absolute Gasteiger partial charge is 0.407 e. The highest BCUT2D eigenvalue weighted by Crippen LogP contribution is 2.38. The van der Waals surface area contributed by atoms with E-state index in [-0.39, 0.29) is 41.4 Å². The Balaban J connectivity index is 0.000000208. The zero-order valence-electron chi connectivity index (χ0n) is 38.2. The second-order valence-corrected chi connectivity index (χ2v) is 21.7. The number of nitrogens with zero attached hydrogens (tertiary/aromatic N) is 8. The summed E-state index contributed by atoms with van der Waals surface area (Å²) in [6, 6.07) is 28.6. The van der Waals surface area contributed by atoms with Crippen LogP contribution in [0.25, 0.3) is 44.4 Å². The van der Waals surface area contributed by atoms with Gasteiger partial charge in [-0.1, -0.05) is 88.9 Å². The number of aliphatic hydroxyl groups excluding tert-OH is 1. The zero-order valence-corrected chi connectivity index (χ0v) is 39.2. The third-order valence-corrected chi connectivity index (χ3v) is 17.2. The number of amides is 4. The van der Waals surface area contributed by atoms with Gasteiger partial charge in [0.15, 0.2) is 0 Å². The first-order valence-corrected chi connectivity index (χ1v) is 24.4. The topological polar surface area (TPSA) is 209 Å². The zero-order chi connectivity index (χ0) is 48.1. The maximum absolute atomic E-state index is 13.1. The van der Waals surface area contributed by atoms with Crippen molar-refractivity contribution in [2.75, 3.05) is 13.2 Å². The summed E-state index contributed by atoms with van der Waals surface area (Å²) in [5, 5.41) is 17.8. The molecule has 8 aromatic rings. The van der Waals surface area contributed by atoms with Crippen molar-refractivity contribution in [3.63, 3.8) is 0 Å². The molecular formula is C53H52N10O6Si. The lowest BCUT2D eigenvalue weighted by Crippen LogP contribution is -2.66. The van der Waals surface area contributed by atoms with Crippen molar-refractivity contribution in [2.24, 2.45) is 0 Å². The van der Waals surface area contributed by atoms with Crippen molar-refractivity contribution >= 4 is 86.7 Å². The Morgan fingerprint density at radius 3 is 1.41 bits per heavy atom. The molecule has 17 heteroatoms. The van der Waals surface area contributed by atoms with Gasteiger partial charge in [0, 0.05) is 97.8 Å². The maximum atomic E-state index is 13.1. The number of benzene rings is 2. The van der Waals surface area contributed by atoms with Crippen LogP contribution in [0.5, 0.6) is 0 Å². The normalized spacial score (nSPS) is 13.9. The van der Waals surface area contributed by atoms with Crippen LogP contribution in [0.3, 0.4) is 0 Å². The Morgan fingerprint density at radius 1 is 0.557 bits per heavy atom. The molecule has 0 radical (unpaired) electrons. The number of aromatic nitrogens is 8. The lowest BCUT2D eigenvalue weighted by Gasteiger charge is -2.43. The Morgan fingerprint density at radius 2 is 1.00 bits per heavy atom. The molecule has 6 aromatic heterocycles. The predicted molar refractivity (Wildman–Crippen MR) is 270 cm³/mol. The number of imide groups is 2. The molecule has 0 atom stereocenters. The minimum Gasteiger partial charge on any atom is -0.407 e. The van der Waals surface area contributed by atoms with Gasteiger partial charge in [-0.05, 0) is 52.5 Å². The molecular weight excluding hydrogens is 901 g/mol. The van der Waals surface area contributed by atoms with Gasteiger partial charge >= 0.3 is 0 Å². The number of nitrogens with one attached hydrogen (secondary N) is 2. The van der Waals surface area contributed by atoms with E-state index in [1.807, 2.05) is 45.7 Å². The van der Waals surface area contributed by atoms with Crippen LogP contribution in [0.4, 0.5) is 0 Å². The smallest absolute Gasteiger partial charge is 0.261 e. The number of hydrogen-bond acceptors (Lipinski definition) is 12. The molecule has 10 rings (SSSR count). The number of carbonyl (C=O) groups is 4. The predicted octanol–water partition coefficient (Wildman–Crippen LogP) is 5.77. The van der Waals surface area contributed by atoms with E-state index >= 15 is 0 Å². The summed E-state index contributed by atoms with van der Waals surface area (Å²) in [4.78, 5) is 76.4. The molecule has 16 nitrogen and oxygen atoms in total. The Labute approximate surface area is 405 Å². The molecule has 4 amide bonds. The average molecular weight is 953 g/mol. The first-order chi connectivity index (χ1) is 33.5. The maximum Gasteiger partial charge on any atom is 0.261 e. The van der Waals surface area contributed by atoms with E-state index < -0.39 is 31.9 Å². The van der Waals surface area contributed by atoms with Crippen molar-refractivity contribution in [1.82, 2.24) is 49.7 Å². The molecule has 0 bridgehead atoms. The monoisotopic (exact) mass is 952 g/mol. The minimum atomic E-state index is -2.66. The van der Waals surface area contributed by atoms with Crippen LogP contribution >= 0.6 is 0 Å². The van der Waals surface area contributed by atoms with Gasteiger partial charge in [-0.3, -0.25) is 49.7 Å². The first-order valence-electron chi connectivity index (χ1n) is 22.5. The molecule has 0 saturated heterocycles. The summed E-state index contributed by atoms with van der Waals surface area (Å²) in [7, 11) is -2.66. The van der Waals surface area contributed by atoms with E-state index in [9.17, 15) is 19.2 Å². The summed E-state index contributed by atoms with van der Waals surface area (Å²) in [5.74, 6) is -1.90. The van der Waals surface area contributed by atoms with E-state index in [0.717, 1.165) is 22.8 Å². The fraction of sp³-hybridized carbons (Fsp3) is 0.208. The molecule has 0 spiro atoms. The van der Waals surface area contributed by atoms with E-state index in [1.165, 1.54) is 47.6 Å². The molecule has 2 aliphatic heterocycles. The van der Waals surface area contributed by atoms with Crippen molar-refractivity contribution in [3.8, 4) is 0 Å². The Bertz CT molecular complexity index is 3240. The van der Waals surface area contributed by atoms with Crippen molar-refractivity contribution in [2.45, 2.75) is 59.2 Å². The highest BCUT2D eigenvalue weighted by atomic mass is 28.4. The molecule has 2 aromatic carbocycles. The second kappa shape index (κ2) is 20.6. The molecule has 0 saturated carbocycles. The summed E-state index contributed by atoms with van der Waals surface area (Å²) in [6.45, 7) is 8.57. The molecule has 0 unspecified atom stereocenters. The van der Waals surface area contributed by atoms with E-state index in [1.54, 1.807) is 24.7 Å². The van der Waals surface area contributed by atoms with Gasteiger partial charge < -0.3 is 18.7 Å². The molecule has 0 aliphatic carbocycles. The number of rotatable bonds is 14. The van der Waals surface area contributed by atoms with Crippen molar-refractivity contribution in [3.05, 3.63) is 169 Å².